The fourth-order valence-corrected chi connectivity index (χ4v) is 2.47. The fraction of sp³-hybridized carbons (Fsp3) is 0.357. The summed E-state index contributed by atoms with van der Waals surface area (Å²) in [5.41, 5.74) is 0.452. The SMILES string of the molecule is CC(C)N(C(=O)COc1nnc(C(F)(F)F)s1)c1ccc(F)cc1.Cl.Cl. The van der Waals surface area contributed by atoms with Gasteiger partial charge in [-0.15, -0.1) is 29.9 Å². The normalized spacial score (nSPS) is 10.7. The summed E-state index contributed by atoms with van der Waals surface area (Å²) in [6, 6.07) is 5.02. The Bertz CT molecular complexity index is 711. The molecule has 0 unspecified atom stereocenters. The van der Waals surface area contributed by atoms with Crippen molar-refractivity contribution in [3.8, 4) is 5.19 Å². The van der Waals surface area contributed by atoms with Crippen LogP contribution in [0.2, 0.25) is 0 Å². The Balaban J connectivity index is 0.00000312. The monoisotopic (exact) mass is 435 g/mol. The molecule has 0 radical (unpaired) electrons. The lowest BCUT2D eigenvalue weighted by molar-refractivity contribution is -0.138. The summed E-state index contributed by atoms with van der Waals surface area (Å²) in [4.78, 5) is 13.6. The van der Waals surface area contributed by atoms with Crippen LogP contribution in [0.15, 0.2) is 24.3 Å². The number of carbonyl (C=O) groups excluding carboxylic acids is 1. The van der Waals surface area contributed by atoms with Gasteiger partial charge in [-0.05, 0) is 38.1 Å². The fourth-order valence-electron chi connectivity index (χ4n) is 1.91. The first kappa shape index (κ1) is 24.4. The number of benzene rings is 1. The summed E-state index contributed by atoms with van der Waals surface area (Å²) in [6.07, 6.45) is -4.61. The zero-order chi connectivity index (χ0) is 17.9. The number of ether oxygens (including phenoxy) is 1. The van der Waals surface area contributed by atoms with Crippen LogP contribution in [0.4, 0.5) is 23.2 Å². The Kier molecular flexibility index (Phi) is 9.26. The molecule has 5 nitrogen and oxygen atoms in total. The Hall–Kier alpha value is -1.65. The van der Waals surface area contributed by atoms with E-state index in [4.69, 9.17) is 4.74 Å². The highest BCUT2D eigenvalue weighted by Gasteiger charge is 2.36. The van der Waals surface area contributed by atoms with E-state index in [0.717, 1.165) is 0 Å². The summed E-state index contributed by atoms with van der Waals surface area (Å²) in [5.74, 6) is -0.944. The van der Waals surface area contributed by atoms with Crippen LogP contribution in [0.3, 0.4) is 0 Å². The minimum atomic E-state index is -4.61. The Morgan fingerprint density at radius 3 is 2.23 bits per heavy atom. The van der Waals surface area contributed by atoms with E-state index in [1.165, 1.54) is 29.2 Å². The van der Waals surface area contributed by atoms with E-state index in [-0.39, 0.29) is 47.4 Å². The molecule has 1 aromatic heterocycles. The lowest BCUT2D eigenvalue weighted by Crippen LogP contribution is -2.40. The largest absolute Gasteiger partial charge is 0.459 e. The molecular weight excluding hydrogens is 421 g/mol. The summed E-state index contributed by atoms with van der Waals surface area (Å²) in [5, 5.41) is 4.72. The molecule has 12 heteroatoms. The average molecular weight is 436 g/mol. The number of aromatic nitrogens is 2. The van der Waals surface area contributed by atoms with Crippen LogP contribution in [0.5, 0.6) is 5.19 Å². The van der Waals surface area contributed by atoms with Crippen molar-refractivity contribution < 1.29 is 27.1 Å². The number of amides is 1. The van der Waals surface area contributed by atoms with Crippen molar-refractivity contribution in [1.82, 2.24) is 10.2 Å². The van der Waals surface area contributed by atoms with E-state index in [0.29, 0.717) is 5.69 Å². The van der Waals surface area contributed by atoms with Gasteiger partial charge in [-0.25, -0.2) is 4.39 Å². The van der Waals surface area contributed by atoms with Crippen LogP contribution in [0.1, 0.15) is 18.9 Å². The lowest BCUT2D eigenvalue weighted by atomic mass is 10.2. The first-order chi connectivity index (χ1) is 11.2. The van der Waals surface area contributed by atoms with E-state index in [1.54, 1.807) is 13.8 Å². The molecule has 1 amide bonds. The van der Waals surface area contributed by atoms with E-state index >= 15 is 0 Å². The van der Waals surface area contributed by atoms with Gasteiger partial charge in [-0.2, -0.15) is 13.2 Å². The predicted octanol–water partition coefficient (Wildman–Crippen LogP) is 4.36. The molecule has 26 heavy (non-hydrogen) atoms. The van der Waals surface area contributed by atoms with Gasteiger partial charge in [0, 0.05) is 11.7 Å². The molecule has 1 aromatic carbocycles. The zero-order valence-electron chi connectivity index (χ0n) is 13.5. The maximum absolute atomic E-state index is 13.0. The van der Waals surface area contributed by atoms with Crippen LogP contribution in [-0.2, 0) is 11.0 Å². The van der Waals surface area contributed by atoms with Crippen molar-refractivity contribution in [2.24, 2.45) is 0 Å². The van der Waals surface area contributed by atoms with Gasteiger partial charge in [0.15, 0.2) is 6.61 Å². The van der Waals surface area contributed by atoms with Gasteiger partial charge < -0.3 is 9.64 Å². The average Bonchev–Trinajstić information content (AvgIpc) is 2.96. The Morgan fingerprint density at radius 1 is 1.19 bits per heavy atom. The number of nitrogens with zero attached hydrogens (tertiary/aromatic N) is 3. The van der Waals surface area contributed by atoms with Crippen LogP contribution < -0.4 is 9.64 Å². The molecule has 0 aliphatic carbocycles. The highest BCUT2D eigenvalue weighted by atomic mass is 35.5. The van der Waals surface area contributed by atoms with Crippen molar-refractivity contribution in [3.05, 3.63) is 35.1 Å². The van der Waals surface area contributed by atoms with Crippen molar-refractivity contribution in [2.75, 3.05) is 11.5 Å². The third kappa shape index (κ3) is 6.26. The number of carbonyl (C=O) groups is 1. The number of anilines is 1. The molecular formula is C14H15Cl2F4N3O2S. The summed E-state index contributed by atoms with van der Waals surface area (Å²) >= 11 is 0.210. The summed E-state index contributed by atoms with van der Waals surface area (Å²) in [7, 11) is 0. The number of hydrogen-bond acceptors (Lipinski definition) is 5. The molecule has 0 saturated heterocycles. The summed E-state index contributed by atoms with van der Waals surface area (Å²) < 4.78 is 55.3. The first-order valence-corrected chi connectivity index (χ1v) is 7.61. The van der Waals surface area contributed by atoms with Crippen molar-refractivity contribution in [2.45, 2.75) is 26.1 Å². The minimum Gasteiger partial charge on any atom is -0.459 e. The van der Waals surface area contributed by atoms with Gasteiger partial charge >= 0.3 is 6.18 Å². The maximum Gasteiger partial charge on any atom is 0.445 e. The van der Waals surface area contributed by atoms with E-state index in [9.17, 15) is 22.4 Å². The van der Waals surface area contributed by atoms with Crippen LogP contribution >= 0.6 is 36.2 Å². The second kappa shape index (κ2) is 9.89. The van der Waals surface area contributed by atoms with Crippen molar-refractivity contribution in [3.63, 3.8) is 0 Å². The molecule has 146 valence electrons. The Labute approximate surface area is 163 Å². The third-order valence-electron chi connectivity index (χ3n) is 2.86. The second-order valence-electron chi connectivity index (χ2n) is 4.99. The predicted molar refractivity (Wildman–Crippen MR) is 93.9 cm³/mol. The highest BCUT2D eigenvalue weighted by Crippen LogP contribution is 2.33. The number of halogens is 6. The second-order valence-corrected chi connectivity index (χ2v) is 5.93. The lowest BCUT2D eigenvalue weighted by Gasteiger charge is -2.26. The zero-order valence-corrected chi connectivity index (χ0v) is 15.9. The molecule has 0 spiro atoms. The van der Waals surface area contributed by atoms with Crippen LogP contribution in [-0.4, -0.2) is 28.8 Å². The van der Waals surface area contributed by atoms with Crippen molar-refractivity contribution in [1.29, 1.82) is 0 Å². The first-order valence-electron chi connectivity index (χ1n) is 6.79. The number of alkyl halides is 3. The molecule has 0 fully saturated rings. The number of rotatable bonds is 5. The molecule has 0 saturated carbocycles. The molecule has 1 heterocycles. The quantitative estimate of drug-likeness (QED) is 0.654. The van der Waals surface area contributed by atoms with Crippen molar-refractivity contribution >= 4 is 47.7 Å². The molecule has 2 rings (SSSR count). The molecule has 0 aliphatic rings. The molecule has 0 atom stereocenters. The van der Waals surface area contributed by atoms with E-state index in [2.05, 4.69) is 10.2 Å². The molecule has 2 aromatic rings. The standard InChI is InChI=1S/C14H13F4N3O2S.2ClH/c1-8(2)21(10-5-3-9(15)4-6-10)11(22)7-23-13-20-19-12(24-13)14(16,17)18;;/h3-6,8H,7H2,1-2H3;2*1H. The van der Waals surface area contributed by atoms with Gasteiger partial charge in [-0.3, -0.25) is 4.79 Å². The molecule has 0 N–H and O–H groups in total. The van der Waals surface area contributed by atoms with Gasteiger partial charge in [0.1, 0.15) is 5.82 Å². The number of hydrogen-bond donors (Lipinski definition) is 0. The van der Waals surface area contributed by atoms with E-state index < -0.39 is 29.5 Å². The van der Waals surface area contributed by atoms with Gasteiger partial charge in [0.25, 0.3) is 11.1 Å². The van der Waals surface area contributed by atoms with E-state index in [1.807, 2.05) is 0 Å². The maximum atomic E-state index is 13.0. The smallest absolute Gasteiger partial charge is 0.445 e. The highest BCUT2D eigenvalue weighted by molar-refractivity contribution is 7.13. The van der Waals surface area contributed by atoms with Crippen LogP contribution in [0.25, 0.3) is 0 Å². The summed E-state index contributed by atoms with van der Waals surface area (Å²) in [6.45, 7) is 2.98. The molecule has 0 aliphatic heterocycles. The van der Waals surface area contributed by atoms with Gasteiger partial charge in [0.05, 0.1) is 0 Å². The van der Waals surface area contributed by atoms with Gasteiger partial charge in [0.2, 0.25) is 5.01 Å². The van der Waals surface area contributed by atoms with Crippen LogP contribution in [0, 0.1) is 5.82 Å². The molecule has 0 bridgehead atoms. The minimum absolute atomic E-state index is 0. The Morgan fingerprint density at radius 2 is 1.77 bits per heavy atom. The van der Waals surface area contributed by atoms with Gasteiger partial charge in [-0.1, -0.05) is 16.4 Å². The third-order valence-corrected chi connectivity index (χ3v) is 3.74. The topological polar surface area (TPSA) is 55.3 Å².